The average Bonchev–Trinajstić information content (AvgIpc) is 2.12. The van der Waals surface area contributed by atoms with E-state index in [0.29, 0.717) is 6.42 Å². The summed E-state index contributed by atoms with van der Waals surface area (Å²) in [5, 5.41) is 12.5. The molecule has 1 aromatic rings. The molecule has 2 rings (SSSR count). The molecule has 1 heterocycles. The van der Waals surface area contributed by atoms with Gasteiger partial charge in [0.25, 0.3) is 0 Å². The van der Waals surface area contributed by atoms with Crippen LogP contribution in [0.2, 0.25) is 0 Å². The molecule has 0 saturated heterocycles. The van der Waals surface area contributed by atoms with Gasteiger partial charge in [-0.15, -0.1) is 0 Å². The first-order chi connectivity index (χ1) is 5.79. The molecule has 3 heteroatoms. The van der Waals surface area contributed by atoms with Gasteiger partial charge in [-0.2, -0.15) is 0 Å². The summed E-state index contributed by atoms with van der Waals surface area (Å²) in [6.07, 6.45) is 0.707. The Labute approximate surface area is 70.0 Å². The Morgan fingerprint density at radius 2 is 2.25 bits per heavy atom. The van der Waals surface area contributed by atoms with Crippen LogP contribution in [0.5, 0.6) is 5.75 Å². The van der Waals surface area contributed by atoms with Crippen molar-refractivity contribution < 1.29 is 9.50 Å². The van der Waals surface area contributed by atoms with Crippen molar-refractivity contribution in [2.75, 3.05) is 6.54 Å². The number of benzene rings is 1. The van der Waals surface area contributed by atoms with Crippen LogP contribution in [0.25, 0.3) is 0 Å². The Morgan fingerprint density at radius 3 is 3.08 bits per heavy atom. The van der Waals surface area contributed by atoms with E-state index in [2.05, 4.69) is 5.32 Å². The molecular formula is C9H10FNO. The highest BCUT2D eigenvalue weighted by Crippen LogP contribution is 2.26. The maximum Gasteiger partial charge on any atom is 0.165 e. The summed E-state index contributed by atoms with van der Waals surface area (Å²) in [4.78, 5) is 0. The van der Waals surface area contributed by atoms with Crippen LogP contribution in [0, 0.1) is 5.82 Å². The summed E-state index contributed by atoms with van der Waals surface area (Å²) < 4.78 is 12.8. The fraction of sp³-hybridized carbons (Fsp3) is 0.333. The fourth-order valence-corrected chi connectivity index (χ4v) is 1.53. The zero-order chi connectivity index (χ0) is 8.55. The van der Waals surface area contributed by atoms with E-state index < -0.39 is 5.82 Å². The lowest BCUT2D eigenvalue weighted by Crippen LogP contribution is -2.23. The zero-order valence-corrected chi connectivity index (χ0v) is 6.60. The highest BCUT2D eigenvalue weighted by molar-refractivity contribution is 5.41. The third-order valence-electron chi connectivity index (χ3n) is 2.20. The minimum absolute atomic E-state index is 0.172. The quantitative estimate of drug-likeness (QED) is 0.608. The summed E-state index contributed by atoms with van der Waals surface area (Å²) in [5.74, 6) is -0.690. The molecule has 0 unspecified atom stereocenters. The third-order valence-corrected chi connectivity index (χ3v) is 2.20. The van der Waals surface area contributed by atoms with Crippen molar-refractivity contribution in [1.29, 1.82) is 0 Å². The molecule has 0 atom stereocenters. The third kappa shape index (κ3) is 1.06. The van der Waals surface area contributed by atoms with Crippen LogP contribution in [-0.4, -0.2) is 11.7 Å². The van der Waals surface area contributed by atoms with Crippen LogP contribution >= 0.6 is 0 Å². The van der Waals surface area contributed by atoms with Crippen molar-refractivity contribution in [3.05, 3.63) is 29.1 Å². The van der Waals surface area contributed by atoms with Crippen LogP contribution in [0.4, 0.5) is 4.39 Å². The monoisotopic (exact) mass is 167 g/mol. The number of hydrogen-bond donors (Lipinski definition) is 2. The van der Waals surface area contributed by atoms with Gasteiger partial charge in [0.15, 0.2) is 11.6 Å². The van der Waals surface area contributed by atoms with Gasteiger partial charge in [0.2, 0.25) is 0 Å². The SMILES string of the molecule is Oc1c(F)ccc2c1CCNC2. The smallest absolute Gasteiger partial charge is 0.165 e. The van der Waals surface area contributed by atoms with Crippen molar-refractivity contribution in [3.63, 3.8) is 0 Å². The van der Waals surface area contributed by atoms with Gasteiger partial charge in [0.05, 0.1) is 0 Å². The lowest BCUT2D eigenvalue weighted by molar-refractivity contribution is 0.420. The van der Waals surface area contributed by atoms with Gasteiger partial charge in [-0.25, -0.2) is 4.39 Å². The first kappa shape index (κ1) is 7.55. The van der Waals surface area contributed by atoms with Crippen molar-refractivity contribution in [3.8, 4) is 5.75 Å². The molecule has 2 nitrogen and oxygen atoms in total. The Hall–Kier alpha value is -1.09. The maximum absolute atomic E-state index is 12.8. The van der Waals surface area contributed by atoms with E-state index in [1.165, 1.54) is 6.07 Å². The lowest BCUT2D eigenvalue weighted by atomic mass is 10.00. The molecule has 1 aliphatic heterocycles. The Morgan fingerprint density at radius 1 is 1.42 bits per heavy atom. The highest BCUT2D eigenvalue weighted by atomic mass is 19.1. The number of nitrogens with one attached hydrogen (secondary N) is 1. The number of hydrogen-bond acceptors (Lipinski definition) is 2. The summed E-state index contributed by atoms with van der Waals surface area (Å²) >= 11 is 0. The van der Waals surface area contributed by atoms with Crippen molar-refractivity contribution in [1.82, 2.24) is 5.32 Å². The standard InChI is InChI=1S/C9H10FNO/c10-8-2-1-6-5-11-4-3-7(6)9(8)12/h1-2,11-12H,3-5H2. The summed E-state index contributed by atoms with van der Waals surface area (Å²) in [7, 11) is 0. The van der Waals surface area contributed by atoms with E-state index in [1.54, 1.807) is 6.07 Å². The number of phenols is 1. The molecule has 0 bridgehead atoms. The predicted octanol–water partition coefficient (Wildman–Crippen LogP) is 1.18. The zero-order valence-electron chi connectivity index (χ0n) is 6.60. The maximum atomic E-state index is 12.8. The summed E-state index contributed by atoms with van der Waals surface area (Å²) in [6.45, 7) is 1.53. The fourth-order valence-electron chi connectivity index (χ4n) is 1.53. The van der Waals surface area contributed by atoms with Crippen LogP contribution < -0.4 is 5.32 Å². The molecule has 2 N–H and O–H groups in total. The molecule has 64 valence electrons. The molecule has 0 saturated carbocycles. The number of aromatic hydroxyl groups is 1. The van der Waals surface area contributed by atoms with E-state index in [0.717, 1.165) is 24.2 Å². The normalized spacial score (nSPS) is 15.8. The number of phenolic OH excluding ortho intramolecular Hbond substituents is 1. The molecule has 0 aliphatic carbocycles. The molecule has 0 radical (unpaired) electrons. The van der Waals surface area contributed by atoms with Crippen molar-refractivity contribution in [2.24, 2.45) is 0 Å². The second-order valence-corrected chi connectivity index (χ2v) is 2.96. The number of halogens is 1. The Balaban J connectivity index is 2.54. The number of rotatable bonds is 0. The van der Waals surface area contributed by atoms with Gasteiger partial charge in [0.1, 0.15) is 0 Å². The molecule has 0 amide bonds. The Bertz CT molecular complexity index is 312. The van der Waals surface area contributed by atoms with Gasteiger partial charge < -0.3 is 10.4 Å². The van der Waals surface area contributed by atoms with Crippen molar-refractivity contribution >= 4 is 0 Å². The van der Waals surface area contributed by atoms with E-state index >= 15 is 0 Å². The van der Waals surface area contributed by atoms with E-state index in [9.17, 15) is 9.50 Å². The largest absolute Gasteiger partial charge is 0.505 e. The number of fused-ring (bicyclic) bond motifs is 1. The minimum Gasteiger partial charge on any atom is -0.505 e. The molecular weight excluding hydrogens is 157 g/mol. The summed E-state index contributed by atoms with van der Waals surface area (Å²) in [5.41, 5.74) is 1.76. The Kier molecular flexibility index (Phi) is 1.73. The van der Waals surface area contributed by atoms with Gasteiger partial charge in [0, 0.05) is 12.1 Å². The minimum atomic E-state index is -0.518. The van der Waals surface area contributed by atoms with Gasteiger partial charge in [-0.1, -0.05) is 6.07 Å². The van der Waals surface area contributed by atoms with Crippen LogP contribution in [0.1, 0.15) is 11.1 Å². The van der Waals surface area contributed by atoms with Gasteiger partial charge in [-0.05, 0) is 24.6 Å². The van der Waals surface area contributed by atoms with Crippen molar-refractivity contribution in [2.45, 2.75) is 13.0 Å². The molecule has 0 spiro atoms. The highest BCUT2D eigenvalue weighted by Gasteiger charge is 2.14. The van der Waals surface area contributed by atoms with Crippen LogP contribution in [0.15, 0.2) is 12.1 Å². The lowest BCUT2D eigenvalue weighted by Gasteiger charge is -2.17. The molecule has 1 aromatic carbocycles. The molecule has 0 aromatic heterocycles. The van der Waals surface area contributed by atoms with E-state index in [4.69, 9.17) is 0 Å². The predicted molar refractivity (Wildman–Crippen MR) is 43.5 cm³/mol. The molecule has 1 aliphatic rings. The second kappa shape index (κ2) is 2.75. The molecule has 0 fully saturated rings. The topological polar surface area (TPSA) is 32.3 Å². The molecule has 12 heavy (non-hydrogen) atoms. The first-order valence-electron chi connectivity index (χ1n) is 3.99. The first-order valence-corrected chi connectivity index (χ1v) is 3.99. The van der Waals surface area contributed by atoms with Gasteiger partial charge in [-0.3, -0.25) is 0 Å². The van der Waals surface area contributed by atoms with Crippen LogP contribution in [0.3, 0.4) is 0 Å². The summed E-state index contributed by atoms with van der Waals surface area (Å²) in [6, 6.07) is 3.03. The second-order valence-electron chi connectivity index (χ2n) is 2.96. The van der Waals surface area contributed by atoms with Crippen LogP contribution in [-0.2, 0) is 13.0 Å². The average molecular weight is 167 g/mol. The van der Waals surface area contributed by atoms with E-state index in [-0.39, 0.29) is 5.75 Å². The van der Waals surface area contributed by atoms with E-state index in [1.807, 2.05) is 0 Å². The van der Waals surface area contributed by atoms with Gasteiger partial charge >= 0.3 is 0 Å².